The smallest absolute Gasteiger partial charge is 0.0677 e. The molecule has 2 heteroatoms. The Labute approximate surface area is 104 Å². The van der Waals surface area contributed by atoms with E-state index >= 15 is 0 Å². The first-order valence-corrected chi connectivity index (χ1v) is 6.47. The Morgan fingerprint density at radius 3 is 2.76 bits per heavy atom. The van der Waals surface area contributed by atoms with Crippen LogP contribution < -0.4 is 5.32 Å². The third-order valence-electron chi connectivity index (χ3n) is 3.61. The van der Waals surface area contributed by atoms with Crippen molar-refractivity contribution in [2.75, 3.05) is 5.32 Å². The SMILES string of the molecule is CC(C)c1ccccc1NC1CCCC1C#N. The fourth-order valence-corrected chi connectivity index (χ4v) is 2.62. The third-order valence-corrected chi connectivity index (χ3v) is 3.61. The molecular weight excluding hydrogens is 208 g/mol. The van der Waals surface area contributed by atoms with Gasteiger partial charge < -0.3 is 5.32 Å². The zero-order chi connectivity index (χ0) is 12.3. The first kappa shape index (κ1) is 12.0. The average molecular weight is 228 g/mol. The maximum atomic E-state index is 9.10. The second kappa shape index (κ2) is 5.23. The fourth-order valence-electron chi connectivity index (χ4n) is 2.62. The van der Waals surface area contributed by atoms with Gasteiger partial charge in [0.05, 0.1) is 12.0 Å². The average Bonchev–Trinajstić information content (AvgIpc) is 2.77. The Morgan fingerprint density at radius 1 is 1.29 bits per heavy atom. The van der Waals surface area contributed by atoms with Crippen LogP contribution in [0, 0.1) is 17.2 Å². The predicted molar refractivity (Wildman–Crippen MR) is 70.9 cm³/mol. The van der Waals surface area contributed by atoms with Crippen molar-refractivity contribution in [3.63, 3.8) is 0 Å². The number of anilines is 1. The highest BCUT2D eigenvalue weighted by atomic mass is 14.9. The number of para-hydroxylation sites is 1. The van der Waals surface area contributed by atoms with Gasteiger partial charge in [-0.2, -0.15) is 5.26 Å². The van der Waals surface area contributed by atoms with Crippen LogP contribution in [0.5, 0.6) is 0 Å². The lowest BCUT2D eigenvalue weighted by Gasteiger charge is -2.21. The highest BCUT2D eigenvalue weighted by molar-refractivity contribution is 5.53. The van der Waals surface area contributed by atoms with Crippen LogP contribution in [0.25, 0.3) is 0 Å². The van der Waals surface area contributed by atoms with E-state index in [2.05, 4.69) is 49.5 Å². The molecule has 1 saturated carbocycles. The van der Waals surface area contributed by atoms with Crippen molar-refractivity contribution in [2.45, 2.75) is 45.1 Å². The van der Waals surface area contributed by atoms with Crippen molar-refractivity contribution in [1.29, 1.82) is 5.26 Å². The van der Waals surface area contributed by atoms with E-state index in [-0.39, 0.29) is 5.92 Å². The van der Waals surface area contributed by atoms with Gasteiger partial charge in [0, 0.05) is 11.7 Å². The van der Waals surface area contributed by atoms with Crippen LogP contribution in [0.4, 0.5) is 5.69 Å². The molecule has 1 N–H and O–H groups in total. The molecule has 0 heterocycles. The Kier molecular flexibility index (Phi) is 3.68. The summed E-state index contributed by atoms with van der Waals surface area (Å²) in [5.41, 5.74) is 2.55. The number of nitriles is 1. The number of hydrogen-bond donors (Lipinski definition) is 1. The Bertz CT molecular complexity index is 417. The van der Waals surface area contributed by atoms with Crippen molar-refractivity contribution in [1.82, 2.24) is 0 Å². The Morgan fingerprint density at radius 2 is 2.06 bits per heavy atom. The van der Waals surface area contributed by atoms with Crippen LogP contribution in [0.2, 0.25) is 0 Å². The van der Waals surface area contributed by atoms with E-state index in [9.17, 15) is 0 Å². The van der Waals surface area contributed by atoms with Crippen molar-refractivity contribution in [2.24, 2.45) is 5.92 Å². The summed E-state index contributed by atoms with van der Waals surface area (Å²) in [6.07, 6.45) is 3.32. The maximum absolute atomic E-state index is 9.10. The molecule has 1 aromatic carbocycles. The number of benzene rings is 1. The monoisotopic (exact) mass is 228 g/mol. The van der Waals surface area contributed by atoms with Crippen LogP contribution in [-0.2, 0) is 0 Å². The van der Waals surface area contributed by atoms with E-state index in [0.717, 1.165) is 12.8 Å². The molecule has 0 spiro atoms. The summed E-state index contributed by atoms with van der Waals surface area (Å²) >= 11 is 0. The summed E-state index contributed by atoms with van der Waals surface area (Å²) in [5, 5.41) is 12.7. The molecule has 0 radical (unpaired) electrons. The van der Waals surface area contributed by atoms with E-state index in [4.69, 9.17) is 5.26 Å². The zero-order valence-electron chi connectivity index (χ0n) is 10.6. The standard InChI is InChI=1S/C15H20N2/c1-11(2)13-7-3-4-8-15(13)17-14-9-5-6-12(14)10-16/h3-4,7-8,11-12,14,17H,5-6,9H2,1-2H3. The largest absolute Gasteiger partial charge is 0.381 e. The van der Waals surface area contributed by atoms with E-state index in [1.165, 1.54) is 17.7 Å². The van der Waals surface area contributed by atoms with Gasteiger partial charge in [0.25, 0.3) is 0 Å². The molecule has 0 amide bonds. The van der Waals surface area contributed by atoms with E-state index < -0.39 is 0 Å². The summed E-state index contributed by atoms with van der Waals surface area (Å²) in [4.78, 5) is 0. The Hall–Kier alpha value is -1.49. The van der Waals surface area contributed by atoms with Gasteiger partial charge in [0.1, 0.15) is 0 Å². The first-order chi connectivity index (χ1) is 8.22. The highest BCUT2D eigenvalue weighted by Crippen LogP contribution is 2.31. The molecule has 2 nitrogen and oxygen atoms in total. The predicted octanol–water partition coefficient (Wildman–Crippen LogP) is 3.91. The molecule has 2 atom stereocenters. The van der Waals surface area contributed by atoms with E-state index in [1.54, 1.807) is 0 Å². The normalized spacial score (nSPS) is 23.6. The van der Waals surface area contributed by atoms with Gasteiger partial charge in [-0.1, -0.05) is 32.0 Å². The minimum atomic E-state index is 0.176. The molecule has 2 rings (SSSR count). The van der Waals surface area contributed by atoms with Crippen LogP contribution in [0.3, 0.4) is 0 Å². The van der Waals surface area contributed by atoms with Crippen molar-refractivity contribution in [3.05, 3.63) is 29.8 Å². The molecule has 0 aromatic heterocycles. The molecule has 1 aliphatic carbocycles. The van der Waals surface area contributed by atoms with Gasteiger partial charge >= 0.3 is 0 Å². The third kappa shape index (κ3) is 2.61. The summed E-state index contributed by atoms with van der Waals surface area (Å²) in [6, 6.07) is 11.2. The topological polar surface area (TPSA) is 35.8 Å². The lowest BCUT2D eigenvalue weighted by Crippen LogP contribution is -2.23. The minimum absolute atomic E-state index is 0.176. The maximum Gasteiger partial charge on any atom is 0.0677 e. The van der Waals surface area contributed by atoms with Crippen molar-refractivity contribution < 1.29 is 0 Å². The molecule has 0 saturated heterocycles. The molecule has 1 aromatic rings. The molecule has 0 aliphatic heterocycles. The second-order valence-electron chi connectivity index (χ2n) is 5.16. The van der Waals surface area contributed by atoms with Crippen LogP contribution >= 0.6 is 0 Å². The molecule has 17 heavy (non-hydrogen) atoms. The Balaban J connectivity index is 2.16. The molecular formula is C15H20N2. The van der Waals surface area contributed by atoms with Gasteiger partial charge in [-0.05, 0) is 36.8 Å². The molecule has 0 bridgehead atoms. The second-order valence-corrected chi connectivity index (χ2v) is 5.16. The van der Waals surface area contributed by atoms with Gasteiger partial charge in [-0.25, -0.2) is 0 Å². The number of nitrogens with one attached hydrogen (secondary N) is 1. The van der Waals surface area contributed by atoms with Crippen molar-refractivity contribution in [3.8, 4) is 6.07 Å². The summed E-state index contributed by atoms with van der Waals surface area (Å²) in [7, 11) is 0. The fraction of sp³-hybridized carbons (Fsp3) is 0.533. The zero-order valence-corrected chi connectivity index (χ0v) is 10.6. The number of hydrogen-bond acceptors (Lipinski definition) is 2. The molecule has 1 aliphatic rings. The van der Waals surface area contributed by atoms with Gasteiger partial charge in [-0.3, -0.25) is 0 Å². The van der Waals surface area contributed by atoms with Gasteiger partial charge in [-0.15, -0.1) is 0 Å². The number of nitrogens with zero attached hydrogens (tertiary/aromatic N) is 1. The lowest BCUT2D eigenvalue weighted by molar-refractivity contribution is 0.628. The van der Waals surface area contributed by atoms with E-state index in [1.807, 2.05) is 0 Å². The molecule has 1 fully saturated rings. The van der Waals surface area contributed by atoms with Crippen molar-refractivity contribution >= 4 is 5.69 Å². The van der Waals surface area contributed by atoms with E-state index in [0.29, 0.717) is 12.0 Å². The van der Waals surface area contributed by atoms with Crippen LogP contribution in [-0.4, -0.2) is 6.04 Å². The molecule has 2 unspecified atom stereocenters. The number of rotatable bonds is 3. The van der Waals surface area contributed by atoms with Gasteiger partial charge in [0.15, 0.2) is 0 Å². The molecule has 90 valence electrons. The summed E-state index contributed by atoms with van der Waals surface area (Å²) < 4.78 is 0. The van der Waals surface area contributed by atoms with Gasteiger partial charge in [0.2, 0.25) is 0 Å². The summed E-state index contributed by atoms with van der Waals surface area (Å²) in [6.45, 7) is 4.41. The minimum Gasteiger partial charge on any atom is -0.381 e. The summed E-state index contributed by atoms with van der Waals surface area (Å²) in [5.74, 6) is 0.691. The van der Waals surface area contributed by atoms with Crippen LogP contribution in [0.15, 0.2) is 24.3 Å². The van der Waals surface area contributed by atoms with Crippen LogP contribution in [0.1, 0.15) is 44.6 Å². The first-order valence-electron chi connectivity index (χ1n) is 6.47. The quantitative estimate of drug-likeness (QED) is 0.851. The highest BCUT2D eigenvalue weighted by Gasteiger charge is 2.27. The lowest BCUT2D eigenvalue weighted by atomic mass is 9.99.